The fourth-order valence-electron chi connectivity index (χ4n) is 2.75. The van der Waals surface area contributed by atoms with Crippen LogP contribution in [0.3, 0.4) is 0 Å². The van der Waals surface area contributed by atoms with Gasteiger partial charge in [0.25, 0.3) is 0 Å². The summed E-state index contributed by atoms with van der Waals surface area (Å²) in [7, 11) is 1.37. The van der Waals surface area contributed by atoms with Gasteiger partial charge in [-0.3, -0.25) is 4.79 Å². The van der Waals surface area contributed by atoms with E-state index in [0.717, 1.165) is 5.56 Å². The zero-order valence-electron chi connectivity index (χ0n) is 17.4. The van der Waals surface area contributed by atoms with Gasteiger partial charge in [-0.1, -0.05) is 44.2 Å². The number of carbonyl (C=O) groups is 2. The Morgan fingerprint density at radius 2 is 1.70 bits per heavy atom. The van der Waals surface area contributed by atoms with Crippen molar-refractivity contribution in [2.24, 2.45) is 5.92 Å². The Kier molecular flexibility index (Phi) is 9.29. The minimum Gasteiger partial charge on any atom is -0.469 e. The standard InChI is InChI=1S/C21H34N2O4/c1-15(2)12-18(23-20(25)27-21(3,4)5)17(13-19(24)26-6)22-14-16-10-8-7-9-11-16/h7-11,15,17-18,22H,12-14H2,1-6H3,(H,23,25)/t17?,18-/m0/s1. The first-order chi connectivity index (χ1) is 12.6. The molecule has 27 heavy (non-hydrogen) atoms. The summed E-state index contributed by atoms with van der Waals surface area (Å²) in [5.41, 5.74) is 0.523. The third-order valence-electron chi connectivity index (χ3n) is 3.94. The van der Waals surface area contributed by atoms with Crippen molar-refractivity contribution in [2.75, 3.05) is 7.11 Å². The Labute approximate surface area is 163 Å². The molecule has 2 atom stereocenters. The van der Waals surface area contributed by atoms with E-state index in [2.05, 4.69) is 24.5 Å². The number of hydrogen-bond donors (Lipinski definition) is 2. The highest BCUT2D eigenvalue weighted by molar-refractivity contribution is 5.71. The van der Waals surface area contributed by atoms with Crippen molar-refractivity contribution in [3.8, 4) is 0 Å². The van der Waals surface area contributed by atoms with Gasteiger partial charge < -0.3 is 20.1 Å². The van der Waals surface area contributed by atoms with E-state index in [4.69, 9.17) is 9.47 Å². The maximum atomic E-state index is 12.3. The minimum absolute atomic E-state index is 0.163. The Morgan fingerprint density at radius 3 is 2.22 bits per heavy atom. The maximum absolute atomic E-state index is 12.3. The molecule has 0 aliphatic rings. The fourth-order valence-corrected chi connectivity index (χ4v) is 2.75. The molecule has 2 N–H and O–H groups in total. The molecule has 1 amide bonds. The van der Waals surface area contributed by atoms with Crippen LogP contribution in [0.2, 0.25) is 0 Å². The van der Waals surface area contributed by atoms with Crippen LogP contribution in [0.5, 0.6) is 0 Å². The average molecular weight is 379 g/mol. The summed E-state index contributed by atoms with van der Waals surface area (Å²) in [4.78, 5) is 24.2. The molecular formula is C21H34N2O4. The molecule has 1 rings (SSSR count). The number of benzene rings is 1. The number of methoxy groups -OCH3 is 1. The predicted molar refractivity (Wildman–Crippen MR) is 106 cm³/mol. The van der Waals surface area contributed by atoms with Gasteiger partial charge in [0, 0.05) is 18.6 Å². The SMILES string of the molecule is COC(=O)CC(NCc1ccccc1)[C@H](CC(C)C)NC(=O)OC(C)(C)C. The molecule has 0 radical (unpaired) electrons. The van der Waals surface area contributed by atoms with Crippen LogP contribution in [0.15, 0.2) is 30.3 Å². The molecule has 1 aromatic rings. The second-order valence-electron chi connectivity index (χ2n) is 8.14. The first-order valence-corrected chi connectivity index (χ1v) is 9.44. The summed E-state index contributed by atoms with van der Waals surface area (Å²) >= 11 is 0. The number of alkyl carbamates (subject to hydrolysis) is 1. The van der Waals surface area contributed by atoms with Crippen LogP contribution in [0.1, 0.15) is 53.0 Å². The summed E-state index contributed by atoms with van der Waals surface area (Å²) < 4.78 is 10.3. The van der Waals surface area contributed by atoms with E-state index in [1.807, 2.05) is 51.1 Å². The molecule has 152 valence electrons. The average Bonchev–Trinajstić information content (AvgIpc) is 2.56. The lowest BCUT2D eigenvalue weighted by atomic mass is 9.95. The highest BCUT2D eigenvalue weighted by atomic mass is 16.6. The first kappa shape index (κ1) is 23.0. The molecule has 0 saturated carbocycles. The van der Waals surface area contributed by atoms with Crippen LogP contribution >= 0.6 is 0 Å². The number of nitrogens with one attached hydrogen (secondary N) is 2. The van der Waals surface area contributed by atoms with Crippen molar-refractivity contribution in [3.63, 3.8) is 0 Å². The lowest BCUT2D eigenvalue weighted by Crippen LogP contribution is -2.52. The summed E-state index contributed by atoms with van der Waals surface area (Å²) in [6, 6.07) is 9.40. The van der Waals surface area contributed by atoms with Gasteiger partial charge in [0.2, 0.25) is 0 Å². The van der Waals surface area contributed by atoms with Gasteiger partial charge in [-0.15, -0.1) is 0 Å². The topological polar surface area (TPSA) is 76.7 Å². The molecule has 1 aromatic carbocycles. The molecule has 6 nitrogen and oxygen atoms in total. The molecule has 0 aliphatic heterocycles. The highest BCUT2D eigenvalue weighted by Crippen LogP contribution is 2.15. The quantitative estimate of drug-likeness (QED) is 0.642. The van der Waals surface area contributed by atoms with Gasteiger partial charge in [-0.05, 0) is 38.7 Å². The number of rotatable bonds is 9. The van der Waals surface area contributed by atoms with Crippen LogP contribution in [0.25, 0.3) is 0 Å². The number of hydrogen-bond acceptors (Lipinski definition) is 5. The van der Waals surface area contributed by atoms with Crippen LogP contribution in [-0.4, -0.2) is 36.9 Å². The van der Waals surface area contributed by atoms with Gasteiger partial charge in [-0.25, -0.2) is 4.79 Å². The van der Waals surface area contributed by atoms with Gasteiger partial charge in [0.05, 0.1) is 13.5 Å². The van der Waals surface area contributed by atoms with E-state index in [9.17, 15) is 9.59 Å². The molecule has 0 fully saturated rings. The van der Waals surface area contributed by atoms with Crippen molar-refractivity contribution in [2.45, 2.75) is 71.7 Å². The number of ether oxygens (including phenoxy) is 2. The minimum atomic E-state index is -0.582. The molecule has 0 bridgehead atoms. The van der Waals surface area contributed by atoms with Crippen LogP contribution in [0, 0.1) is 5.92 Å². The van der Waals surface area contributed by atoms with Crippen molar-refractivity contribution in [3.05, 3.63) is 35.9 Å². The number of esters is 1. The fraction of sp³-hybridized carbons (Fsp3) is 0.619. The molecular weight excluding hydrogens is 344 g/mol. The Morgan fingerprint density at radius 1 is 1.07 bits per heavy atom. The second kappa shape index (κ2) is 10.9. The zero-order chi connectivity index (χ0) is 20.4. The summed E-state index contributed by atoms with van der Waals surface area (Å²) in [5.74, 6) is 0.0175. The highest BCUT2D eigenvalue weighted by Gasteiger charge is 2.28. The van der Waals surface area contributed by atoms with Gasteiger partial charge in [0.15, 0.2) is 0 Å². The van der Waals surface area contributed by atoms with E-state index in [1.165, 1.54) is 7.11 Å². The predicted octanol–water partition coefficient (Wildman–Crippen LogP) is 3.65. The Bertz CT molecular complexity index is 582. The molecule has 0 heterocycles. The number of amides is 1. The summed E-state index contributed by atoms with van der Waals surface area (Å²) in [5, 5.41) is 6.34. The Balaban J connectivity index is 2.90. The van der Waals surface area contributed by atoms with E-state index in [0.29, 0.717) is 18.9 Å². The van der Waals surface area contributed by atoms with E-state index in [-0.39, 0.29) is 24.5 Å². The van der Waals surface area contributed by atoms with E-state index < -0.39 is 11.7 Å². The van der Waals surface area contributed by atoms with Crippen molar-refractivity contribution >= 4 is 12.1 Å². The molecule has 6 heteroatoms. The van der Waals surface area contributed by atoms with E-state index >= 15 is 0 Å². The maximum Gasteiger partial charge on any atom is 0.407 e. The smallest absolute Gasteiger partial charge is 0.407 e. The summed E-state index contributed by atoms with van der Waals surface area (Å²) in [6.07, 6.45) is 0.392. The normalized spacial score (nSPS) is 13.7. The van der Waals surface area contributed by atoms with E-state index in [1.54, 1.807) is 0 Å². The third-order valence-corrected chi connectivity index (χ3v) is 3.94. The lowest BCUT2D eigenvalue weighted by molar-refractivity contribution is -0.141. The zero-order valence-corrected chi connectivity index (χ0v) is 17.4. The molecule has 0 aliphatic carbocycles. The van der Waals surface area contributed by atoms with Gasteiger partial charge in [0.1, 0.15) is 5.60 Å². The molecule has 0 saturated heterocycles. The first-order valence-electron chi connectivity index (χ1n) is 9.44. The largest absolute Gasteiger partial charge is 0.469 e. The van der Waals surface area contributed by atoms with Crippen LogP contribution < -0.4 is 10.6 Å². The van der Waals surface area contributed by atoms with Crippen molar-refractivity contribution in [1.82, 2.24) is 10.6 Å². The molecule has 0 spiro atoms. The monoisotopic (exact) mass is 378 g/mol. The van der Waals surface area contributed by atoms with Crippen LogP contribution in [0.4, 0.5) is 4.79 Å². The van der Waals surface area contributed by atoms with Gasteiger partial charge in [-0.2, -0.15) is 0 Å². The lowest BCUT2D eigenvalue weighted by Gasteiger charge is -2.31. The second-order valence-corrected chi connectivity index (χ2v) is 8.14. The van der Waals surface area contributed by atoms with Crippen LogP contribution in [-0.2, 0) is 20.8 Å². The van der Waals surface area contributed by atoms with Crippen molar-refractivity contribution < 1.29 is 19.1 Å². The summed E-state index contributed by atoms with van der Waals surface area (Å²) in [6.45, 7) is 10.2. The molecule has 0 aromatic heterocycles. The molecule has 1 unspecified atom stereocenters. The van der Waals surface area contributed by atoms with Crippen molar-refractivity contribution in [1.29, 1.82) is 0 Å². The van der Waals surface area contributed by atoms with Gasteiger partial charge >= 0.3 is 12.1 Å². The number of carbonyl (C=O) groups excluding carboxylic acids is 2. The third kappa shape index (κ3) is 9.99. The Hall–Kier alpha value is -2.08.